The van der Waals surface area contributed by atoms with Gasteiger partial charge in [0.05, 0.1) is 11.1 Å². The molecular formula is C21H28N4O3S. The smallest absolute Gasteiger partial charge is 0.249 e. The molecule has 2 heterocycles. The van der Waals surface area contributed by atoms with Crippen LogP contribution < -0.4 is 5.32 Å². The van der Waals surface area contributed by atoms with Gasteiger partial charge in [-0.2, -0.15) is 9.40 Å². The molecule has 0 bridgehead atoms. The summed E-state index contributed by atoms with van der Waals surface area (Å²) in [5.41, 5.74) is 0.757. The molecule has 156 valence electrons. The van der Waals surface area contributed by atoms with Gasteiger partial charge in [0.15, 0.2) is 0 Å². The van der Waals surface area contributed by atoms with Gasteiger partial charge in [0.25, 0.3) is 0 Å². The number of benzene rings is 1. The normalized spacial score (nSPS) is 16.2. The predicted molar refractivity (Wildman–Crippen MR) is 114 cm³/mol. The van der Waals surface area contributed by atoms with Crippen molar-refractivity contribution >= 4 is 27.8 Å². The summed E-state index contributed by atoms with van der Waals surface area (Å²) in [6, 6.07) is 8.52. The average Bonchev–Trinajstić information content (AvgIpc) is 2.98. The molecule has 2 aromatic rings. The molecule has 8 heteroatoms. The minimum atomic E-state index is -3.46. The van der Waals surface area contributed by atoms with Gasteiger partial charge in [0, 0.05) is 31.3 Å². The summed E-state index contributed by atoms with van der Waals surface area (Å²) in [5.74, 6) is 0.363. The van der Waals surface area contributed by atoms with E-state index in [9.17, 15) is 13.2 Å². The number of nitrogens with one attached hydrogen (secondary N) is 1. The number of carbonyl (C=O) groups excluding carboxylic acids is 1. The molecule has 29 heavy (non-hydrogen) atoms. The highest BCUT2D eigenvalue weighted by Crippen LogP contribution is 2.21. The summed E-state index contributed by atoms with van der Waals surface area (Å²) in [6.07, 6.45) is 8.70. The number of aromatic nitrogens is 2. The van der Waals surface area contributed by atoms with E-state index in [0.29, 0.717) is 23.8 Å². The first-order valence-corrected chi connectivity index (χ1v) is 11.4. The maximum atomic E-state index is 12.8. The van der Waals surface area contributed by atoms with E-state index in [1.165, 1.54) is 6.08 Å². The number of anilines is 1. The molecule has 1 fully saturated rings. The van der Waals surface area contributed by atoms with Gasteiger partial charge in [-0.25, -0.2) is 13.1 Å². The van der Waals surface area contributed by atoms with E-state index in [-0.39, 0.29) is 11.9 Å². The van der Waals surface area contributed by atoms with Crippen molar-refractivity contribution in [3.8, 4) is 0 Å². The third-order valence-electron chi connectivity index (χ3n) is 4.92. The Kier molecular flexibility index (Phi) is 6.87. The third kappa shape index (κ3) is 5.33. The van der Waals surface area contributed by atoms with Crippen LogP contribution in [0.4, 0.5) is 5.82 Å². The number of sulfonamides is 1. The maximum Gasteiger partial charge on any atom is 0.249 e. The van der Waals surface area contributed by atoms with Crippen molar-refractivity contribution in [1.29, 1.82) is 0 Å². The van der Waals surface area contributed by atoms with Crippen LogP contribution in [0.25, 0.3) is 6.08 Å². The van der Waals surface area contributed by atoms with Gasteiger partial charge in [0.2, 0.25) is 15.9 Å². The Bertz CT molecular complexity index is 954. The first-order valence-electron chi connectivity index (χ1n) is 10.0. The molecule has 1 aliphatic rings. The SMILES string of the molecule is CC(C)n1nccc1NC(=O)/C=C/c1ccc(S(=O)(=O)N2CCCCCC2)cc1. The molecule has 1 aliphatic heterocycles. The highest BCUT2D eigenvalue weighted by Gasteiger charge is 2.24. The molecule has 7 nitrogen and oxygen atoms in total. The van der Waals surface area contributed by atoms with Gasteiger partial charge in [-0.05, 0) is 50.5 Å². The number of hydrogen-bond donors (Lipinski definition) is 1. The second-order valence-electron chi connectivity index (χ2n) is 7.46. The molecule has 0 saturated carbocycles. The zero-order valence-electron chi connectivity index (χ0n) is 16.9. The monoisotopic (exact) mass is 416 g/mol. The van der Waals surface area contributed by atoms with Crippen molar-refractivity contribution in [2.45, 2.75) is 50.5 Å². The van der Waals surface area contributed by atoms with Crippen LogP contribution in [0.5, 0.6) is 0 Å². The average molecular weight is 417 g/mol. The van der Waals surface area contributed by atoms with Crippen LogP contribution in [-0.2, 0) is 14.8 Å². The van der Waals surface area contributed by atoms with Crippen molar-refractivity contribution in [2.75, 3.05) is 18.4 Å². The number of carbonyl (C=O) groups is 1. The van der Waals surface area contributed by atoms with E-state index in [0.717, 1.165) is 31.2 Å². The minimum Gasteiger partial charge on any atom is -0.307 e. The molecular weight excluding hydrogens is 388 g/mol. The van der Waals surface area contributed by atoms with Gasteiger partial charge in [-0.1, -0.05) is 25.0 Å². The molecule has 1 N–H and O–H groups in total. The minimum absolute atomic E-state index is 0.142. The number of amides is 1. The van der Waals surface area contributed by atoms with Crippen LogP contribution in [0.1, 0.15) is 51.1 Å². The van der Waals surface area contributed by atoms with E-state index in [1.807, 2.05) is 13.8 Å². The Labute approximate surface area is 172 Å². The lowest BCUT2D eigenvalue weighted by Crippen LogP contribution is -2.31. The van der Waals surface area contributed by atoms with Crippen molar-refractivity contribution < 1.29 is 13.2 Å². The molecule has 0 radical (unpaired) electrons. The first kappa shape index (κ1) is 21.3. The predicted octanol–water partition coefficient (Wildman–Crippen LogP) is 3.68. The Morgan fingerprint density at radius 3 is 2.34 bits per heavy atom. The summed E-state index contributed by atoms with van der Waals surface area (Å²) in [7, 11) is -3.46. The van der Waals surface area contributed by atoms with Crippen LogP contribution in [0.15, 0.2) is 47.5 Å². The summed E-state index contributed by atoms with van der Waals surface area (Å²) >= 11 is 0. The van der Waals surface area contributed by atoms with E-state index in [4.69, 9.17) is 0 Å². The van der Waals surface area contributed by atoms with E-state index < -0.39 is 10.0 Å². The van der Waals surface area contributed by atoms with Crippen molar-refractivity contribution in [3.63, 3.8) is 0 Å². The largest absolute Gasteiger partial charge is 0.307 e. The molecule has 0 aliphatic carbocycles. The molecule has 0 unspecified atom stereocenters. The van der Waals surface area contributed by atoms with E-state index in [1.54, 1.807) is 51.6 Å². The number of hydrogen-bond acceptors (Lipinski definition) is 4. The van der Waals surface area contributed by atoms with E-state index in [2.05, 4.69) is 10.4 Å². The molecule has 1 aromatic heterocycles. The van der Waals surface area contributed by atoms with Crippen molar-refractivity contribution in [1.82, 2.24) is 14.1 Å². The van der Waals surface area contributed by atoms with Gasteiger partial charge >= 0.3 is 0 Å². The lowest BCUT2D eigenvalue weighted by atomic mass is 10.2. The fraction of sp³-hybridized carbons (Fsp3) is 0.429. The zero-order chi connectivity index (χ0) is 20.9. The topological polar surface area (TPSA) is 84.3 Å². The molecule has 0 atom stereocenters. The fourth-order valence-corrected chi connectivity index (χ4v) is 4.86. The molecule has 0 spiro atoms. The summed E-state index contributed by atoms with van der Waals surface area (Å²) < 4.78 is 28.9. The molecule has 3 rings (SSSR count). The summed E-state index contributed by atoms with van der Waals surface area (Å²) in [6.45, 7) is 5.13. The quantitative estimate of drug-likeness (QED) is 0.728. The van der Waals surface area contributed by atoms with Gasteiger partial charge in [-0.15, -0.1) is 0 Å². The lowest BCUT2D eigenvalue weighted by molar-refractivity contribution is -0.111. The highest BCUT2D eigenvalue weighted by atomic mass is 32.2. The Hall–Kier alpha value is -2.45. The Morgan fingerprint density at radius 1 is 1.07 bits per heavy atom. The first-order chi connectivity index (χ1) is 13.9. The summed E-state index contributed by atoms with van der Waals surface area (Å²) in [4.78, 5) is 12.5. The van der Waals surface area contributed by atoms with Gasteiger partial charge in [0.1, 0.15) is 5.82 Å². The van der Waals surface area contributed by atoms with Crippen LogP contribution in [0, 0.1) is 0 Å². The van der Waals surface area contributed by atoms with Crippen LogP contribution in [-0.4, -0.2) is 41.5 Å². The number of rotatable bonds is 6. The van der Waals surface area contributed by atoms with Crippen molar-refractivity contribution in [2.24, 2.45) is 0 Å². The van der Waals surface area contributed by atoms with E-state index >= 15 is 0 Å². The van der Waals surface area contributed by atoms with Crippen LogP contribution >= 0.6 is 0 Å². The van der Waals surface area contributed by atoms with Gasteiger partial charge < -0.3 is 5.32 Å². The second kappa shape index (κ2) is 9.37. The summed E-state index contributed by atoms with van der Waals surface area (Å²) in [5, 5.41) is 6.98. The zero-order valence-corrected chi connectivity index (χ0v) is 17.7. The van der Waals surface area contributed by atoms with Crippen molar-refractivity contribution in [3.05, 3.63) is 48.2 Å². The molecule has 1 saturated heterocycles. The van der Waals surface area contributed by atoms with Gasteiger partial charge in [-0.3, -0.25) is 4.79 Å². The standard InChI is InChI=1S/C21H28N4O3S/c1-17(2)25-20(13-14-22-25)23-21(26)12-9-18-7-10-19(11-8-18)29(27,28)24-15-5-3-4-6-16-24/h7-14,17H,3-6,15-16H2,1-2H3,(H,23,26)/b12-9+. The number of nitrogens with zero attached hydrogens (tertiary/aromatic N) is 3. The third-order valence-corrected chi connectivity index (χ3v) is 6.83. The van der Waals surface area contributed by atoms with Crippen LogP contribution in [0.2, 0.25) is 0 Å². The highest BCUT2D eigenvalue weighted by molar-refractivity contribution is 7.89. The molecule has 1 aromatic carbocycles. The Morgan fingerprint density at radius 2 is 1.72 bits per heavy atom. The second-order valence-corrected chi connectivity index (χ2v) is 9.40. The maximum absolute atomic E-state index is 12.8. The van der Waals surface area contributed by atoms with Crippen LogP contribution in [0.3, 0.4) is 0 Å². The Balaban J connectivity index is 1.65. The molecule has 1 amide bonds. The lowest BCUT2D eigenvalue weighted by Gasteiger charge is -2.19. The fourth-order valence-electron chi connectivity index (χ4n) is 3.35.